The summed E-state index contributed by atoms with van der Waals surface area (Å²) in [6.45, 7) is 3.19. The first kappa shape index (κ1) is 27.5. The average molecular weight is 427 g/mol. The van der Waals surface area contributed by atoms with E-state index in [-0.39, 0.29) is 32.8 Å². The second kappa shape index (κ2) is 18.5. The lowest BCUT2D eigenvalue weighted by atomic mass is 10.1. The van der Waals surface area contributed by atoms with Crippen molar-refractivity contribution in [1.29, 1.82) is 0 Å². The van der Waals surface area contributed by atoms with E-state index < -0.39 is 19.9 Å². The number of carbonyl (C=O) groups is 1. The summed E-state index contributed by atoms with van der Waals surface area (Å²) in [5.74, 6) is -0.847. The van der Waals surface area contributed by atoms with Crippen molar-refractivity contribution in [1.82, 2.24) is 0 Å². The molecule has 0 spiro atoms. The summed E-state index contributed by atoms with van der Waals surface area (Å²) in [7, 11) is -4.17. The highest BCUT2D eigenvalue weighted by Crippen LogP contribution is 2.43. The zero-order valence-corrected chi connectivity index (χ0v) is 17.9. The Hall–Kier alpha value is -0.540. The highest BCUT2D eigenvalue weighted by molar-refractivity contribution is 7.47. The molecule has 9 nitrogen and oxygen atoms in total. The summed E-state index contributed by atoms with van der Waals surface area (Å²) in [5, 5.41) is 8.64. The minimum absolute atomic E-state index is 0.0803. The second-order valence-electron chi connectivity index (χ2n) is 6.57. The van der Waals surface area contributed by atoms with Crippen molar-refractivity contribution in [3.63, 3.8) is 0 Å². The third-order valence-corrected chi connectivity index (χ3v) is 4.86. The number of carboxylic acid groups (broad SMARTS) is 1. The van der Waals surface area contributed by atoms with Crippen LogP contribution in [0.3, 0.4) is 0 Å². The van der Waals surface area contributed by atoms with Crippen LogP contribution < -0.4 is 5.73 Å². The molecule has 0 heterocycles. The maximum atomic E-state index is 11.7. The summed E-state index contributed by atoms with van der Waals surface area (Å²) >= 11 is 0. The molecule has 0 bridgehead atoms. The maximum absolute atomic E-state index is 11.7. The van der Waals surface area contributed by atoms with Crippen LogP contribution in [-0.2, 0) is 27.9 Å². The van der Waals surface area contributed by atoms with E-state index in [0.29, 0.717) is 26.1 Å². The first-order chi connectivity index (χ1) is 13.4. The van der Waals surface area contributed by atoms with Gasteiger partial charge in [0.05, 0.1) is 19.8 Å². The van der Waals surface area contributed by atoms with Crippen molar-refractivity contribution in [3.05, 3.63) is 0 Å². The molecular weight excluding hydrogens is 389 g/mol. The Labute approximate surface area is 168 Å². The van der Waals surface area contributed by atoms with Gasteiger partial charge in [-0.2, -0.15) is 0 Å². The maximum Gasteiger partial charge on any atom is 0.472 e. The van der Waals surface area contributed by atoms with E-state index in [9.17, 15) is 14.3 Å². The number of nitrogens with two attached hydrogens (primary N) is 1. The Morgan fingerprint density at radius 1 is 0.964 bits per heavy atom. The molecule has 0 aromatic rings. The smallest absolute Gasteiger partial charge is 0.472 e. The highest BCUT2D eigenvalue weighted by Gasteiger charge is 2.23. The van der Waals surface area contributed by atoms with Gasteiger partial charge in [0.15, 0.2) is 0 Å². The van der Waals surface area contributed by atoms with E-state index >= 15 is 0 Å². The number of aliphatic carboxylic acids is 1. The van der Waals surface area contributed by atoms with Crippen molar-refractivity contribution >= 4 is 13.8 Å². The largest absolute Gasteiger partial charge is 0.481 e. The van der Waals surface area contributed by atoms with Crippen LogP contribution in [0.5, 0.6) is 0 Å². The van der Waals surface area contributed by atoms with E-state index in [4.69, 9.17) is 29.4 Å². The van der Waals surface area contributed by atoms with Crippen LogP contribution in [0.25, 0.3) is 0 Å². The SMILES string of the molecule is CCCCCCCCOC[C@H](CO[P@](=O)(O)OCCN)OCCCCC(=O)O. The minimum Gasteiger partial charge on any atom is -0.481 e. The second-order valence-corrected chi connectivity index (χ2v) is 8.03. The van der Waals surface area contributed by atoms with Gasteiger partial charge in [0.1, 0.15) is 6.10 Å². The summed E-state index contributed by atoms with van der Waals surface area (Å²) in [4.78, 5) is 20.1. The zero-order chi connectivity index (χ0) is 21.1. The lowest BCUT2D eigenvalue weighted by Crippen LogP contribution is -2.26. The van der Waals surface area contributed by atoms with Gasteiger partial charge in [0, 0.05) is 26.2 Å². The number of unbranched alkanes of at least 4 members (excludes halogenated alkanes) is 6. The van der Waals surface area contributed by atoms with Gasteiger partial charge in [-0.15, -0.1) is 0 Å². The first-order valence-electron chi connectivity index (χ1n) is 10.1. The summed E-state index contributed by atoms with van der Waals surface area (Å²) in [6, 6.07) is 0. The van der Waals surface area contributed by atoms with Gasteiger partial charge < -0.3 is 25.2 Å². The molecule has 10 heteroatoms. The third kappa shape index (κ3) is 18.8. The van der Waals surface area contributed by atoms with Crippen LogP contribution in [0.15, 0.2) is 0 Å². The molecule has 0 amide bonds. The van der Waals surface area contributed by atoms with Gasteiger partial charge in [-0.3, -0.25) is 13.8 Å². The van der Waals surface area contributed by atoms with Crippen LogP contribution >= 0.6 is 7.82 Å². The molecule has 0 unspecified atom stereocenters. The Kier molecular flexibility index (Phi) is 18.1. The van der Waals surface area contributed by atoms with Gasteiger partial charge in [-0.1, -0.05) is 39.0 Å². The molecule has 0 aliphatic rings. The van der Waals surface area contributed by atoms with Crippen molar-refractivity contribution in [2.24, 2.45) is 5.73 Å². The monoisotopic (exact) mass is 427 g/mol. The molecular formula is C18H38NO8P. The minimum atomic E-state index is -4.17. The van der Waals surface area contributed by atoms with Crippen molar-refractivity contribution in [2.75, 3.05) is 39.6 Å². The summed E-state index contributed by atoms with van der Waals surface area (Å²) in [6.07, 6.45) is 7.57. The predicted octanol–water partition coefficient (Wildman–Crippen LogP) is 3.10. The Balaban J connectivity index is 4.13. The molecule has 0 rings (SSSR count). The molecule has 28 heavy (non-hydrogen) atoms. The first-order valence-corrected chi connectivity index (χ1v) is 11.6. The van der Waals surface area contributed by atoms with E-state index in [1.807, 2.05) is 0 Å². The van der Waals surface area contributed by atoms with Gasteiger partial charge in [-0.05, 0) is 19.3 Å². The molecule has 4 N–H and O–H groups in total. The van der Waals surface area contributed by atoms with E-state index in [0.717, 1.165) is 12.8 Å². The fourth-order valence-corrected chi connectivity index (χ4v) is 3.12. The summed E-state index contributed by atoms with van der Waals surface area (Å²) < 4.78 is 32.6. The Bertz CT molecular complexity index is 424. The summed E-state index contributed by atoms with van der Waals surface area (Å²) in [5.41, 5.74) is 5.24. The standard InChI is InChI=1S/C18H38NO8P/c1-2-3-4-5-6-8-12-24-15-17(25-13-9-7-10-18(20)21)16-27-28(22,23)26-14-11-19/h17H,2-16,19H2,1H3,(H,20,21)(H,22,23)/t17-/m1/s1. The van der Waals surface area contributed by atoms with Crippen LogP contribution in [-0.4, -0.2) is 61.7 Å². The molecule has 0 saturated carbocycles. The van der Waals surface area contributed by atoms with E-state index in [1.165, 1.54) is 25.7 Å². The number of ether oxygens (including phenoxy) is 2. The molecule has 0 saturated heterocycles. The predicted molar refractivity (Wildman–Crippen MR) is 106 cm³/mol. The lowest BCUT2D eigenvalue weighted by Gasteiger charge is -2.20. The quantitative estimate of drug-likeness (QED) is 0.186. The van der Waals surface area contributed by atoms with Gasteiger partial charge in [0.25, 0.3) is 0 Å². The Morgan fingerprint density at radius 2 is 1.64 bits per heavy atom. The van der Waals surface area contributed by atoms with Gasteiger partial charge in [-0.25, -0.2) is 4.57 Å². The number of rotatable bonds is 21. The molecule has 0 aromatic heterocycles. The van der Waals surface area contributed by atoms with Crippen LogP contribution in [0.4, 0.5) is 0 Å². The third-order valence-electron chi connectivity index (χ3n) is 3.88. The fraction of sp³-hybridized carbons (Fsp3) is 0.944. The van der Waals surface area contributed by atoms with E-state index in [2.05, 4.69) is 6.92 Å². The number of phosphoric ester groups is 1. The van der Waals surface area contributed by atoms with Gasteiger partial charge in [0.2, 0.25) is 0 Å². The number of hydrogen-bond acceptors (Lipinski definition) is 7. The molecule has 2 atom stereocenters. The molecule has 168 valence electrons. The normalized spacial score (nSPS) is 14.7. The van der Waals surface area contributed by atoms with Gasteiger partial charge >= 0.3 is 13.8 Å². The number of carboxylic acids is 1. The number of phosphoric acid groups is 1. The van der Waals surface area contributed by atoms with Crippen LogP contribution in [0.2, 0.25) is 0 Å². The van der Waals surface area contributed by atoms with Crippen molar-refractivity contribution in [2.45, 2.75) is 70.8 Å². The highest BCUT2D eigenvalue weighted by atomic mass is 31.2. The fourth-order valence-electron chi connectivity index (χ4n) is 2.35. The molecule has 0 radical (unpaired) electrons. The Morgan fingerprint density at radius 3 is 2.32 bits per heavy atom. The molecule has 0 fully saturated rings. The van der Waals surface area contributed by atoms with Crippen molar-refractivity contribution < 1.29 is 37.9 Å². The van der Waals surface area contributed by atoms with E-state index in [1.54, 1.807) is 0 Å². The lowest BCUT2D eigenvalue weighted by molar-refractivity contribution is -0.137. The van der Waals surface area contributed by atoms with Crippen LogP contribution in [0.1, 0.15) is 64.7 Å². The molecule has 0 aliphatic heterocycles. The van der Waals surface area contributed by atoms with Crippen LogP contribution in [0, 0.1) is 0 Å². The van der Waals surface area contributed by atoms with Crippen molar-refractivity contribution in [3.8, 4) is 0 Å². The average Bonchev–Trinajstić information content (AvgIpc) is 2.65. The zero-order valence-electron chi connectivity index (χ0n) is 17.1. The molecule has 0 aromatic carbocycles. The number of hydrogen-bond donors (Lipinski definition) is 3. The topological polar surface area (TPSA) is 138 Å². The molecule has 0 aliphatic carbocycles.